The van der Waals surface area contributed by atoms with Crippen molar-refractivity contribution in [2.24, 2.45) is 0 Å². The average Bonchev–Trinajstić information content (AvgIpc) is 2.71. The number of hydrogen-bond donors (Lipinski definition) is 1. The zero-order chi connectivity index (χ0) is 21.2. The van der Waals surface area contributed by atoms with E-state index in [1.807, 2.05) is 0 Å². The molecule has 4 heteroatoms. The lowest BCUT2D eigenvalue weighted by molar-refractivity contribution is -0.134. The fourth-order valence-corrected chi connectivity index (χ4v) is 2.73. The van der Waals surface area contributed by atoms with Crippen molar-refractivity contribution < 1.29 is 19.4 Å². The monoisotopic (exact) mass is 398 g/mol. The first-order valence-corrected chi connectivity index (χ1v) is 10.6. The largest absolute Gasteiger partial charge is 0.478 e. The summed E-state index contributed by atoms with van der Waals surface area (Å²) < 4.78 is 5.17. The van der Waals surface area contributed by atoms with E-state index in [9.17, 15) is 9.59 Å². The molecule has 158 valence electrons. The molecule has 0 amide bonds. The van der Waals surface area contributed by atoms with Crippen LogP contribution in [0.1, 0.15) is 81.5 Å². The summed E-state index contributed by atoms with van der Waals surface area (Å²) in [4.78, 5) is 23.0. The molecular weight excluding hydrogens is 364 g/mol. The summed E-state index contributed by atoms with van der Waals surface area (Å²) in [6, 6.07) is 6.18. The highest BCUT2D eigenvalue weighted by atomic mass is 16.5. The van der Waals surface area contributed by atoms with E-state index in [1.165, 1.54) is 37.8 Å². The van der Waals surface area contributed by atoms with Gasteiger partial charge in [0.25, 0.3) is 0 Å². The molecule has 1 rings (SSSR count). The molecule has 0 spiro atoms. The van der Waals surface area contributed by atoms with Crippen molar-refractivity contribution in [1.82, 2.24) is 0 Å². The quantitative estimate of drug-likeness (QED) is 0.151. The Morgan fingerprint density at radius 3 is 2.07 bits per heavy atom. The van der Waals surface area contributed by atoms with Crippen molar-refractivity contribution in [3.8, 4) is 5.75 Å². The number of carbonyl (C=O) groups excluding carboxylic acids is 1. The highest BCUT2D eigenvalue weighted by Crippen LogP contribution is 2.18. The number of carbonyl (C=O) groups is 2. The highest BCUT2D eigenvalue weighted by molar-refractivity contribution is 5.91. The van der Waals surface area contributed by atoms with Crippen LogP contribution in [0.25, 0.3) is 0 Å². The van der Waals surface area contributed by atoms with Crippen LogP contribution in [0, 0.1) is 0 Å². The van der Waals surface area contributed by atoms with Gasteiger partial charge < -0.3 is 9.84 Å². The Morgan fingerprint density at radius 2 is 1.45 bits per heavy atom. The summed E-state index contributed by atoms with van der Waals surface area (Å²) in [5.41, 5.74) is 0.00354. The lowest BCUT2D eigenvalue weighted by Crippen LogP contribution is -2.10. The van der Waals surface area contributed by atoms with E-state index in [4.69, 9.17) is 9.84 Å². The zero-order valence-electron chi connectivity index (χ0n) is 17.5. The van der Waals surface area contributed by atoms with Crippen molar-refractivity contribution >= 4 is 11.9 Å². The molecule has 0 aromatic heterocycles. The third-order valence-electron chi connectivity index (χ3n) is 4.36. The van der Waals surface area contributed by atoms with Gasteiger partial charge in [0, 0.05) is 6.42 Å². The minimum atomic E-state index is -1.10. The number of carboxylic acids is 1. The molecule has 0 aliphatic rings. The second-order valence-electron chi connectivity index (χ2n) is 6.90. The number of benzene rings is 1. The molecule has 1 aromatic carbocycles. The molecule has 0 bridgehead atoms. The first-order valence-electron chi connectivity index (χ1n) is 10.6. The standard InChI is InChI=1S/C25H34O4/c1-2-3-4-5-6-7-8-9-10-11-12-13-14-15-16-21-24(26)29-23-20-18-17-19-22(23)25(27)28/h6-7,9-10,12-13,17-20H,2-5,8,11,14-16,21H2,1H3,(H,27,28)/b7-6-,10-9-,13-12-. The van der Waals surface area contributed by atoms with E-state index in [0.717, 1.165) is 32.1 Å². The number of rotatable bonds is 15. The van der Waals surface area contributed by atoms with Crippen LogP contribution in [-0.4, -0.2) is 17.0 Å². The summed E-state index contributed by atoms with van der Waals surface area (Å²) in [6.07, 6.45) is 22.9. The van der Waals surface area contributed by atoms with Gasteiger partial charge in [-0.1, -0.05) is 68.4 Å². The second kappa shape index (κ2) is 16.3. The van der Waals surface area contributed by atoms with Gasteiger partial charge in [-0.2, -0.15) is 0 Å². The normalized spacial score (nSPS) is 11.6. The maximum absolute atomic E-state index is 11.9. The van der Waals surface area contributed by atoms with Crippen LogP contribution in [-0.2, 0) is 4.79 Å². The maximum atomic E-state index is 11.9. The number of hydrogen-bond acceptors (Lipinski definition) is 3. The minimum Gasteiger partial charge on any atom is -0.478 e. The van der Waals surface area contributed by atoms with Crippen molar-refractivity contribution in [3.05, 3.63) is 66.3 Å². The van der Waals surface area contributed by atoms with E-state index >= 15 is 0 Å². The summed E-state index contributed by atoms with van der Waals surface area (Å²) in [6.45, 7) is 2.22. The number of aromatic carboxylic acids is 1. The van der Waals surface area contributed by atoms with Crippen molar-refractivity contribution in [2.75, 3.05) is 0 Å². The Bertz CT molecular complexity index is 686. The molecular formula is C25H34O4. The van der Waals surface area contributed by atoms with Gasteiger partial charge >= 0.3 is 11.9 Å². The molecule has 29 heavy (non-hydrogen) atoms. The van der Waals surface area contributed by atoms with Gasteiger partial charge in [-0.25, -0.2) is 4.79 Å². The van der Waals surface area contributed by atoms with Crippen LogP contribution < -0.4 is 4.74 Å². The molecule has 0 radical (unpaired) electrons. The Hall–Kier alpha value is -2.62. The van der Waals surface area contributed by atoms with Crippen LogP contribution in [0.3, 0.4) is 0 Å². The molecule has 0 heterocycles. The number of allylic oxidation sites excluding steroid dienone is 6. The van der Waals surface area contributed by atoms with Gasteiger partial charge in [0.15, 0.2) is 0 Å². The Balaban J connectivity index is 2.08. The molecule has 0 aliphatic carbocycles. The SMILES string of the molecule is CCCCC/C=C\C/C=C\C/C=C\CCCCC(=O)Oc1ccccc1C(=O)O. The number of carboxylic acid groups (broad SMARTS) is 1. The molecule has 0 unspecified atom stereocenters. The maximum Gasteiger partial charge on any atom is 0.339 e. The summed E-state index contributed by atoms with van der Waals surface area (Å²) >= 11 is 0. The Kier molecular flexibility index (Phi) is 13.8. The number of ether oxygens (including phenoxy) is 1. The molecule has 1 N–H and O–H groups in total. The predicted octanol–water partition coefficient (Wildman–Crippen LogP) is 6.88. The van der Waals surface area contributed by atoms with E-state index in [1.54, 1.807) is 12.1 Å². The number of esters is 1. The summed E-state index contributed by atoms with van der Waals surface area (Å²) in [5.74, 6) is -1.39. The van der Waals surface area contributed by atoms with Crippen molar-refractivity contribution in [3.63, 3.8) is 0 Å². The van der Waals surface area contributed by atoms with Gasteiger partial charge in [0.2, 0.25) is 0 Å². The Labute approximate surface area is 175 Å². The smallest absolute Gasteiger partial charge is 0.339 e. The lowest BCUT2D eigenvalue weighted by Gasteiger charge is -2.06. The third-order valence-corrected chi connectivity index (χ3v) is 4.36. The van der Waals surface area contributed by atoms with E-state index in [0.29, 0.717) is 0 Å². The zero-order valence-corrected chi connectivity index (χ0v) is 17.5. The molecule has 1 aromatic rings. The minimum absolute atomic E-state index is 0.00354. The van der Waals surface area contributed by atoms with Crippen molar-refractivity contribution in [1.29, 1.82) is 0 Å². The molecule has 4 nitrogen and oxygen atoms in total. The number of para-hydroxylation sites is 1. The first kappa shape index (κ1) is 24.4. The van der Waals surface area contributed by atoms with E-state index < -0.39 is 11.9 Å². The van der Waals surface area contributed by atoms with Crippen molar-refractivity contribution in [2.45, 2.75) is 71.1 Å². The van der Waals surface area contributed by atoms with Crippen LogP contribution in [0.2, 0.25) is 0 Å². The fraction of sp³-hybridized carbons (Fsp3) is 0.440. The molecule has 0 saturated heterocycles. The second-order valence-corrected chi connectivity index (χ2v) is 6.90. The average molecular weight is 399 g/mol. The van der Waals surface area contributed by atoms with Crippen LogP contribution >= 0.6 is 0 Å². The Morgan fingerprint density at radius 1 is 0.862 bits per heavy atom. The molecule has 0 fully saturated rings. The van der Waals surface area contributed by atoms with E-state index in [-0.39, 0.29) is 17.7 Å². The summed E-state index contributed by atoms with van der Waals surface area (Å²) in [5, 5.41) is 9.09. The predicted molar refractivity (Wildman–Crippen MR) is 118 cm³/mol. The van der Waals surface area contributed by atoms with Gasteiger partial charge in [0.05, 0.1) is 0 Å². The van der Waals surface area contributed by atoms with Crippen LogP contribution in [0.4, 0.5) is 0 Å². The number of unbranched alkanes of at least 4 members (excludes halogenated alkanes) is 5. The summed E-state index contributed by atoms with van der Waals surface area (Å²) in [7, 11) is 0. The highest BCUT2D eigenvalue weighted by Gasteiger charge is 2.13. The van der Waals surface area contributed by atoms with Gasteiger partial charge in [-0.05, 0) is 57.1 Å². The lowest BCUT2D eigenvalue weighted by atomic mass is 10.1. The van der Waals surface area contributed by atoms with Gasteiger partial charge in [-0.15, -0.1) is 0 Å². The first-order chi connectivity index (χ1) is 14.1. The third kappa shape index (κ3) is 12.5. The topological polar surface area (TPSA) is 63.6 Å². The molecule has 0 aliphatic heterocycles. The fourth-order valence-electron chi connectivity index (χ4n) is 2.73. The van der Waals surface area contributed by atoms with Crippen LogP contribution in [0.15, 0.2) is 60.7 Å². The van der Waals surface area contributed by atoms with Gasteiger partial charge in [-0.3, -0.25) is 4.79 Å². The van der Waals surface area contributed by atoms with Crippen LogP contribution in [0.5, 0.6) is 5.75 Å². The van der Waals surface area contributed by atoms with Gasteiger partial charge in [0.1, 0.15) is 11.3 Å². The molecule has 0 atom stereocenters. The molecule has 0 saturated carbocycles. The van der Waals surface area contributed by atoms with E-state index in [2.05, 4.69) is 43.4 Å².